The predicted molar refractivity (Wildman–Crippen MR) is 141 cm³/mol. The van der Waals surface area contributed by atoms with Gasteiger partial charge in [-0.3, -0.25) is 0 Å². The van der Waals surface area contributed by atoms with Gasteiger partial charge in [0.1, 0.15) is 12.4 Å². The van der Waals surface area contributed by atoms with Crippen LogP contribution in [0.15, 0.2) is 36.9 Å². The van der Waals surface area contributed by atoms with E-state index in [1.165, 1.54) is 19.3 Å². The number of methoxy groups -OCH3 is 1. The van der Waals surface area contributed by atoms with Crippen LogP contribution in [0, 0.1) is 11.8 Å². The molecule has 10 heteroatoms. The summed E-state index contributed by atoms with van der Waals surface area (Å²) in [5, 5.41) is 3.27. The zero-order valence-electron chi connectivity index (χ0n) is 21.9. The SMILES string of the molecule is COc1cc(Nc2ncc3c(n2)N(C)C(C2CCC(F)(F)CC2)CO3)ccc1-n1cnc(CC2CCC2)c1. The summed E-state index contributed by atoms with van der Waals surface area (Å²) < 4.78 is 41.0. The van der Waals surface area contributed by atoms with E-state index in [1.54, 1.807) is 13.3 Å². The molecule has 38 heavy (non-hydrogen) atoms. The highest BCUT2D eigenvalue weighted by atomic mass is 19.3. The minimum Gasteiger partial charge on any atom is -0.494 e. The standard InChI is InChI=1S/C28H34F2N6O2/c1-35-23(19-8-10-28(29,30)11-9-19)16-38-25-14-31-27(34-26(25)35)33-20-6-7-22(24(13-20)37-2)36-15-21(32-17-36)12-18-4-3-5-18/h6-7,13-15,17-19,23H,3-5,8-12,16H2,1-2H3,(H,31,33,34). The van der Waals surface area contributed by atoms with Crippen molar-refractivity contribution in [1.29, 1.82) is 0 Å². The summed E-state index contributed by atoms with van der Waals surface area (Å²) >= 11 is 0. The van der Waals surface area contributed by atoms with Crippen LogP contribution in [0.25, 0.3) is 5.69 Å². The van der Waals surface area contributed by atoms with Crippen LogP contribution in [0.4, 0.5) is 26.2 Å². The number of nitrogens with zero attached hydrogens (tertiary/aromatic N) is 5. The van der Waals surface area contributed by atoms with Crippen molar-refractivity contribution in [2.24, 2.45) is 11.8 Å². The Morgan fingerprint density at radius 2 is 1.97 bits per heavy atom. The van der Waals surface area contributed by atoms with Crippen LogP contribution in [0.1, 0.15) is 50.6 Å². The number of rotatable bonds is 7. The third kappa shape index (κ3) is 5.00. The number of nitrogens with one attached hydrogen (secondary N) is 1. The number of benzene rings is 1. The summed E-state index contributed by atoms with van der Waals surface area (Å²) in [5.74, 6) is 0.752. The highest BCUT2D eigenvalue weighted by Gasteiger charge is 2.41. The minimum atomic E-state index is -2.55. The van der Waals surface area contributed by atoms with E-state index < -0.39 is 5.92 Å². The van der Waals surface area contributed by atoms with Crippen LogP contribution >= 0.6 is 0 Å². The van der Waals surface area contributed by atoms with Crippen LogP contribution in [0.3, 0.4) is 0 Å². The van der Waals surface area contributed by atoms with Gasteiger partial charge in [-0.2, -0.15) is 4.98 Å². The Morgan fingerprint density at radius 1 is 1.16 bits per heavy atom. The van der Waals surface area contributed by atoms with E-state index in [-0.39, 0.29) is 24.8 Å². The van der Waals surface area contributed by atoms with E-state index in [9.17, 15) is 8.78 Å². The molecule has 2 saturated carbocycles. The van der Waals surface area contributed by atoms with Crippen molar-refractivity contribution < 1.29 is 18.3 Å². The highest BCUT2D eigenvalue weighted by molar-refractivity contribution is 5.64. The lowest BCUT2D eigenvalue weighted by Crippen LogP contribution is -2.47. The van der Waals surface area contributed by atoms with Gasteiger partial charge < -0.3 is 24.3 Å². The minimum absolute atomic E-state index is 0.00471. The van der Waals surface area contributed by atoms with Crippen molar-refractivity contribution in [1.82, 2.24) is 19.5 Å². The summed E-state index contributed by atoms with van der Waals surface area (Å²) in [7, 11) is 3.61. The van der Waals surface area contributed by atoms with Crippen molar-refractivity contribution in [3.05, 3.63) is 42.6 Å². The second kappa shape index (κ2) is 10.0. The fourth-order valence-corrected chi connectivity index (χ4v) is 5.81. The van der Waals surface area contributed by atoms with E-state index in [1.807, 2.05) is 36.1 Å². The van der Waals surface area contributed by atoms with E-state index >= 15 is 0 Å². The maximum Gasteiger partial charge on any atom is 0.248 e. The van der Waals surface area contributed by atoms with Crippen LogP contribution in [0.2, 0.25) is 0 Å². The van der Waals surface area contributed by atoms with Gasteiger partial charge in [0.2, 0.25) is 11.9 Å². The Kier molecular flexibility index (Phi) is 6.57. The second-order valence-electron chi connectivity index (χ2n) is 10.8. The Hall–Kier alpha value is -3.43. The monoisotopic (exact) mass is 524 g/mol. The molecule has 1 aromatic carbocycles. The first-order valence-corrected chi connectivity index (χ1v) is 13.5. The number of halogens is 2. The molecular weight excluding hydrogens is 490 g/mol. The lowest BCUT2D eigenvalue weighted by Gasteiger charge is -2.41. The molecule has 0 radical (unpaired) electrons. The number of aromatic nitrogens is 4. The van der Waals surface area contributed by atoms with E-state index in [0.717, 1.165) is 29.4 Å². The van der Waals surface area contributed by atoms with Crippen molar-refractivity contribution in [2.75, 3.05) is 31.0 Å². The molecule has 3 heterocycles. The Morgan fingerprint density at radius 3 is 2.71 bits per heavy atom. The number of likely N-dealkylation sites (N-methyl/N-ethyl adjacent to an activating group) is 1. The molecule has 2 aliphatic carbocycles. The molecule has 202 valence electrons. The predicted octanol–water partition coefficient (Wildman–Crippen LogP) is 5.78. The number of hydrogen-bond donors (Lipinski definition) is 1. The van der Waals surface area contributed by atoms with Crippen molar-refractivity contribution in [3.8, 4) is 17.2 Å². The molecule has 3 aromatic rings. The van der Waals surface area contributed by atoms with Crippen LogP contribution in [0.5, 0.6) is 11.5 Å². The van der Waals surface area contributed by atoms with Gasteiger partial charge in [0.15, 0.2) is 11.6 Å². The van der Waals surface area contributed by atoms with Crippen molar-refractivity contribution >= 4 is 17.5 Å². The van der Waals surface area contributed by atoms with Crippen molar-refractivity contribution in [2.45, 2.75) is 63.3 Å². The van der Waals surface area contributed by atoms with Gasteiger partial charge in [0.05, 0.1) is 37.1 Å². The van der Waals surface area contributed by atoms with E-state index in [2.05, 4.69) is 26.4 Å². The molecule has 0 saturated heterocycles. The summed E-state index contributed by atoms with van der Waals surface area (Å²) in [4.78, 5) is 15.8. The first kappa shape index (κ1) is 24.9. The van der Waals surface area contributed by atoms with E-state index in [0.29, 0.717) is 42.7 Å². The number of hydrogen-bond acceptors (Lipinski definition) is 7. The lowest BCUT2D eigenvalue weighted by molar-refractivity contribution is -0.0501. The molecule has 1 atom stereocenters. The molecular formula is C28H34F2N6O2. The first-order chi connectivity index (χ1) is 18.4. The summed E-state index contributed by atoms with van der Waals surface area (Å²) in [5.41, 5.74) is 2.80. The molecule has 0 amide bonds. The van der Waals surface area contributed by atoms with Gasteiger partial charge in [-0.15, -0.1) is 0 Å². The molecule has 1 unspecified atom stereocenters. The molecule has 1 N–H and O–H groups in total. The molecule has 6 rings (SSSR count). The molecule has 0 bridgehead atoms. The maximum atomic E-state index is 13.7. The summed E-state index contributed by atoms with van der Waals surface area (Å²) in [6.07, 6.45) is 11.4. The molecule has 2 aromatic heterocycles. The number of alkyl halides is 2. The fourth-order valence-electron chi connectivity index (χ4n) is 5.81. The zero-order chi connectivity index (χ0) is 26.3. The number of anilines is 3. The third-order valence-corrected chi connectivity index (χ3v) is 8.36. The van der Waals surface area contributed by atoms with Crippen LogP contribution in [-0.2, 0) is 6.42 Å². The molecule has 0 spiro atoms. The molecule has 2 fully saturated rings. The normalized spacial score (nSPS) is 21.4. The Labute approximate surface area is 221 Å². The fraction of sp³-hybridized carbons (Fsp3) is 0.536. The summed E-state index contributed by atoms with van der Waals surface area (Å²) in [6, 6.07) is 5.86. The molecule has 8 nitrogen and oxygen atoms in total. The Balaban J connectivity index is 1.17. The average Bonchev–Trinajstić information content (AvgIpc) is 3.36. The summed E-state index contributed by atoms with van der Waals surface area (Å²) in [6.45, 7) is 0.450. The van der Waals surface area contributed by atoms with E-state index in [4.69, 9.17) is 14.5 Å². The Bertz CT molecular complexity index is 1280. The largest absolute Gasteiger partial charge is 0.494 e. The van der Waals surface area contributed by atoms with Gasteiger partial charge in [-0.05, 0) is 43.2 Å². The third-order valence-electron chi connectivity index (χ3n) is 8.36. The van der Waals surface area contributed by atoms with Gasteiger partial charge in [-0.25, -0.2) is 18.7 Å². The van der Waals surface area contributed by atoms with Gasteiger partial charge in [0.25, 0.3) is 0 Å². The highest BCUT2D eigenvalue weighted by Crippen LogP contribution is 2.42. The number of imidazole rings is 1. The molecule has 1 aliphatic heterocycles. The number of fused-ring (bicyclic) bond motifs is 1. The maximum absolute atomic E-state index is 13.7. The lowest BCUT2D eigenvalue weighted by atomic mass is 9.81. The topological polar surface area (TPSA) is 77.3 Å². The van der Waals surface area contributed by atoms with Gasteiger partial charge in [-0.1, -0.05) is 19.3 Å². The van der Waals surface area contributed by atoms with Crippen molar-refractivity contribution in [3.63, 3.8) is 0 Å². The first-order valence-electron chi connectivity index (χ1n) is 13.5. The quantitative estimate of drug-likeness (QED) is 0.420. The van der Waals surface area contributed by atoms with Gasteiger partial charge >= 0.3 is 0 Å². The second-order valence-corrected chi connectivity index (χ2v) is 10.8. The van der Waals surface area contributed by atoms with Crippen LogP contribution in [-0.4, -0.2) is 52.2 Å². The smallest absolute Gasteiger partial charge is 0.248 e. The zero-order valence-corrected chi connectivity index (χ0v) is 21.9. The van der Waals surface area contributed by atoms with Gasteiger partial charge in [0, 0.05) is 37.8 Å². The average molecular weight is 525 g/mol. The van der Waals surface area contributed by atoms with Crippen LogP contribution < -0.4 is 19.7 Å². The number of ether oxygens (including phenoxy) is 2. The molecule has 3 aliphatic rings.